The highest BCUT2D eigenvalue weighted by Crippen LogP contribution is 2.14. The maximum atomic E-state index is 13.2. The second kappa shape index (κ2) is 7.68. The average Bonchev–Trinajstić information content (AvgIpc) is 2.51. The lowest BCUT2D eigenvalue weighted by Crippen LogP contribution is -2.24. The molecule has 0 spiro atoms. The highest BCUT2D eigenvalue weighted by molar-refractivity contribution is 7.89. The van der Waals surface area contributed by atoms with Crippen LogP contribution in [0.2, 0.25) is 0 Å². The van der Waals surface area contributed by atoms with Crippen molar-refractivity contribution < 1.29 is 17.5 Å². The van der Waals surface area contributed by atoms with Crippen molar-refractivity contribution in [1.29, 1.82) is 0 Å². The fourth-order valence-electron chi connectivity index (χ4n) is 2.02. The van der Waals surface area contributed by atoms with E-state index in [1.807, 2.05) is 38.1 Å². The summed E-state index contributed by atoms with van der Waals surface area (Å²) in [6, 6.07) is 12.4. The first-order chi connectivity index (χ1) is 10.9. The van der Waals surface area contributed by atoms with Crippen LogP contribution in [-0.2, 0) is 27.9 Å². The number of halogens is 1. The molecule has 0 unspecified atom stereocenters. The van der Waals surface area contributed by atoms with Crippen LogP contribution < -0.4 is 4.72 Å². The van der Waals surface area contributed by atoms with Crippen LogP contribution in [0.3, 0.4) is 0 Å². The van der Waals surface area contributed by atoms with E-state index in [-0.39, 0.29) is 17.5 Å². The quantitative estimate of drug-likeness (QED) is 0.844. The van der Waals surface area contributed by atoms with E-state index in [4.69, 9.17) is 4.74 Å². The van der Waals surface area contributed by atoms with E-state index in [1.54, 1.807) is 0 Å². The predicted molar refractivity (Wildman–Crippen MR) is 86.8 cm³/mol. The molecule has 2 aromatic carbocycles. The Morgan fingerprint density at radius 2 is 1.78 bits per heavy atom. The molecule has 124 valence electrons. The summed E-state index contributed by atoms with van der Waals surface area (Å²) in [5, 5.41) is 0. The molecule has 0 atom stereocenters. The number of benzene rings is 2. The highest BCUT2D eigenvalue weighted by atomic mass is 32.2. The zero-order chi connectivity index (χ0) is 16.9. The number of hydrogen-bond acceptors (Lipinski definition) is 3. The van der Waals surface area contributed by atoms with Crippen molar-refractivity contribution in [1.82, 2.24) is 4.72 Å². The van der Waals surface area contributed by atoms with Crippen LogP contribution >= 0.6 is 0 Å². The number of ether oxygens (including phenoxy) is 1. The topological polar surface area (TPSA) is 55.4 Å². The molecule has 0 aliphatic rings. The van der Waals surface area contributed by atoms with E-state index < -0.39 is 15.8 Å². The molecule has 0 amide bonds. The van der Waals surface area contributed by atoms with Gasteiger partial charge in [-0.25, -0.2) is 17.5 Å². The molecule has 0 aliphatic carbocycles. The van der Waals surface area contributed by atoms with Crippen molar-refractivity contribution >= 4 is 10.0 Å². The summed E-state index contributed by atoms with van der Waals surface area (Å²) in [5.74, 6) is -0.585. The summed E-state index contributed by atoms with van der Waals surface area (Å²) < 4.78 is 45.7. The standard InChI is InChI=1S/C17H20FNO3S/c1-13(2)22-12-15-7-4-3-6-14(15)11-19-23(20,21)17-9-5-8-16(18)10-17/h3-10,13,19H,11-12H2,1-2H3. The van der Waals surface area contributed by atoms with Crippen molar-refractivity contribution in [3.63, 3.8) is 0 Å². The molecule has 0 bridgehead atoms. The minimum absolute atomic E-state index is 0.0894. The van der Waals surface area contributed by atoms with Crippen LogP contribution in [0, 0.1) is 5.82 Å². The largest absolute Gasteiger partial charge is 0.374 e. The Morgan fingerprint density at radius 1 is 1.09 bits per heavy atom. The summed E-state index contributed by atoms with van der Waals surface area (Å²) in [6.07, 6.45) is 0.0899. The molecule has 4 nitrogen and oxygen atoms in total. The molecule has 2 rings (SSSR count). The van der Waals surface area contributed by atoms with Crippen LogP contribution in [0.15, 0.2) is 53.4 Å². The monoisotopic (exact) mass is 337 g/mol. The van der Waals surface area contributed by atoms with E-state index in [0.717, 1.165) is 17.2 Å². The Bertz CT molecular complexity index is 760. The van der Waals surface area contributed by atoms with Crippen molar-refractivity contribution in [2.45, 2.75) is 38.0 Å². The van der Waals surface area contributed by atoms with E-state index >= 15 is 0 Å². The van der Waals surface area contributed by atoms with Crippen LogP contribution in [0.25, 0.3) is 0 Å². The summed E-state index contributed by atoms with van der Waals surface area (Å²) >= 11 is 0. The van der Waals surface area contributed by atoms with E-state index in [0.29, 0.717) is 6.61 Å². The molecule has 0 aliphatic heterocycles. The van der Waals surface area contributed by atoms with Gasteiger partial charge in [-0.1, -0.05) is 30.3 Å². The van der Waals surface area contributed by atoms with E-state index in [1.165, 1.54) is 18.2 Å². The SMILES string of the molecule is CC(C)OCc1ccccc1CNS(=O)(=O)c1cccc(F)c1. The van der Waals surface area contributed by atoms with Gasteiger partial charge in [-0.2, -0.15) is 0 Å². The van der Waals surface area contributed by atoms with Crippen molar-refractivity contribution in [2.75, 3.05) is 0 Å². The Labute approximate surface area is 136 Å². The van der Waals surface area contributed by atoms with Gasteiger partial charge in [-0.05, 0) is 43.2 Å². The van der Waals surface area contributed by atoms with E-state index in [9.17, 15) is 12.8 Å². The maximum absolute atomic E-state index is 13.2. The van der Waals surface area contributed by atoms with Crippen molar-refractivity contribution in [3.8, 4) is 0 Å². The second-order valence-electron chi connectivity index (χ2n) is 5.41. The molecule has 0 saturated heterocycles. The summed E-state index contributed by atoms with van der Waals surface area (Å²) in [6.45, 7) is 4.41. The van der Waals surface area contributed by atoms with Gasteiger partial charge >= 0.3 is 0 Å². The smallest absolute Gasteiger partial charge is 0.240 e. The van der Waals surface area contributed by atoms with Gasteiger partial charge in [0.05, 0.1) is 17.6 Å². The zero-order valence-electron chi connectivity index (χ0n) is 13.1. The highest BCUT2D eigenvalue weighted by Gasteiger charge is 2.15. The number of hydrogen-bond donors (Lipinski definition) is 1. The molecule has 0 heterocycles. The fourth-order valence-corrected chi connectivity index (χ4v) is 3.06. The fraction of sp³-hybridized carbons (Fsp3) is 0.294. The van der Waals surface area contributed by atoms with E-state index in [2.05, 4.69) is 4.72 Å². The Hall–Kier alpha value is -1.76. The molecule has 0 aromatic heterocycles. The van der Waals surface area contributed by atoms with Gasteiger partial charge in [-0.15, -0.1) is 0 Å². The van der Waals surface area contributed by atoms with Crippen molar-refractivity contribution in [3.05, 3.63) is 65.5 Å². The third-order valence-corrected chi connectivity index (χ3v) is 4.65. The van der Waals surface area contributed by atoms with Gasteiger partial charge in [0, 0.05) is 6.54 Å². The van der Waals surface area contributed by atoms with Gasteiger partial charge in [0.15, 0.2) is 0 Å². The Morgan fingerprint density at radius 3 is 2.43 bits per heavy atom. The van der Waals surface area contributed by atoms with Crippen molar-refractivity contribution in [2.24, 2.45) is 0 Å². The summed E-state index contributed by atoms with van der Waals surface area (Å²) in [7, 11) is -3.76. The lowest BCUT2D eigenvalue weighted by atomic mass is 10.1. The third kappa shape index (κ3) is 5.13. The minimum atomic E-state index is -3.76. The molecule has 1 N–H and O–H groups in total. The van der Waals surface area contributed by atoms with Gasteiger partial charge in [0.1, 0.15) is 5.82 Å². The minimum Gasteiger partial charge on any atom is -0.374 e. The maximum Gasteiger partial charge on any atom is 0.240 e. The van der Waals surface area contributed by atoms with Crippen LogP contribution in [-0.4, -0.2) is 14.5 Å². The second-order valence-corrected chi connectivity index (χ2v) is 7.18. The molecule has 2 aromatic rings. The molecule has 6 heteroatoms. The van der Waals surface area contributed by atoms with Crippen LogP contribution in [0.5, 0.6) is 0 Å². The summed E-state index contributed by atoms with van der Waals surface area (Å²) in [5.41, 5.74) is 1.75. The lowest BCUT2D eigenvalue weighted by Gasteiger charge is -2.13. The Kier molecular flexibility index (Phi) is 5.87. The lowest BCUT2D eigenvalue weighted by molar-refractivity contribution is 0.0652. The van der Waals surface area contributed by atoms with Gasteiger partial charge in [0.25, 0.3) is 0 Å². The zero-order valence-corrected chi connectivity index (χ0v) is 13.9. The first-order valence-electron chi connectivity index (χ1n) is 7.32. The number of nitrogens with one attached hydrogen (secondary N) is 1. The molecular weight excluding hydrogens is 317 g/mol. The first-order valence-corrected chi connectivity index (χ1v) is 8.80. The van der Waals surface area contributed by atoms with Gasteiger partial charge < -0.3 is 4.74 Å². The van der Waals surface area contributed by atoms with Crippen LogP contribution in [0.1, 0.15) is 25.0 Å². The van der Waals surface area contributed by atoms with Gasteiger partial charge in [-0.3, -0.25) is 0 Å². The van der Waals surface area contributed by atoms with Gasteiger partial charge in [0.2, 0.25) is 10.0 Å². The first kappa shape index (κ1) is 17.6. The Balaban J connectivity index is 2.11. The third-order valence-electron chi connectivity index (χ3n) is 3.25. The molecule has 0 fully saturated rings. The van der Waals surface area contributed by atoms with Crippen LogP contribution in [0.4, 0.5) is 4.39 Å². The molecule has 0 radical (unpaired) electrons. The molecule has 0 saturated carbocycles. The predicted octanol–water partition coefficient (Wildman–Crippen LogP) is 3.23. The average molecular weight is 337 g/mol. The number of rotatable bonds is 7. The number of sulfonamides is 1. The summed E-state index contributed by atoms with van der Waals surface area (Å²) in [4.78, 5) is -0.0894. The normalized spacial score (nSPS) is 11.8. The molecule has 23 heavy (non-hydrogen) atoms. The molecular formula is C17H20FNO3S.